The topological polar surface area (TPSA) is 298 Å². The fraction of sp³-hybridized carbons (Fsp3) is 0.160. The van der Waals surface area contributed by atoms with E-state index in [-0.39, 0.29) is 182 Å². The fourth-order valence-corrected chi connectivity index (χ4v) is 5.72. The van der Waals surface area contributed by atoms with Gasteiger partial charge in [0.05, 0.1) is 51.2 Å². The summed E-state index contributed by atoms with van der Waals surface area (Å²) in [6, 6.07) is 7.05. The van der Waals surface area contributed by atoms with Crippen LogP contribution in [0.2, 0.25) is 0 Å². The van der Waals surface area contributed by atoms with Crippen molar-refractivity contribution in [1.82, 2.24) is 15.0 Å². The van der Waals surface area contributed by atoms with E-state index in [1.165, 1.54) is 29.2 Å². The first-order chi connectivity index (χ1) is 21.9. The summed E-state index contributed by atoms with van der Waals surface area (Å²) < 4.78 is 40.5. The van der Waals surface area contributed by atoms with Crippen LogP contribution in [0.5, 0.6) is 5.75 Å². The Labute approximate surface area is 374 Å². The van der Waals surface area contributed by atoms with Crippen LogP contribution in [-0.4, -0.2) is 57.6 Å². The molecule has 1 atom stereocenters. The Morgan fingerprint density at radius 2 is 1.78 bits per heavy atom. The molecule has 1 fully saturated rings. The predicted octanol–water partition coefficient (Wildman–Crippen LogP) is -12.6. The van der Waals surface area contributed by atoms with Gasteiger partial charge in [-0.1, -0.05) is 18.2 Å². The summed E-state index contributed by atoms with van der Waals surface area (Å²) in [5.41, 5.74) is -2.28. The molecule has 19 nitrogen and oxygen atoms in total. The van der Waals surface area contributed by atoms with Crippen molar-refractivity contribution in [3.05, 3.63) is 58.5 Å². The Morgan fingerprint density at radius 3 is 2.42 bits per heavy atom. The second-order valence-electron chi connectivity index (χ2n) is 9.42. The van der Waals surface area contributed by atoms with Gasteiger partial charge < -0.3 is 44.9 Å². The molecule has 5 rings (SSSR count). The molecule has 50 heavy (non-hydrogen) atoms. The van der Waals surface area contributed by atoms with Crippen molar-refractivity contribution in [2.75, 3.05) is 16.8 Å². The molecule has 4 aromatic rings. The summed E-state index contributed by atoms with van der Waals surface area (Å²) >= 11 is 0.214. The first kappa shape index (κ1) is 46.8. The third-order valence-corrected chi connectivity index (χ3v) is 8.05. The van der Waals surface area contributed by atoms with Gasteiger partial charge >= 0.3 is 124 Å². The van der Waals surface area contributed by atoms with E-state index in [2.05, 4.69) is 39.9 Å². The van der Waals surface area contributed by atoms with Crippen LogP contribution in [-0.2, 0) is 24.3 Å². The van der Waals surface area contributed by atoms with Gasteiger partial charge in [-0.2, -0.15) is 14.3 Å². The maximum atomic E-state index is 12.4. The summed E-state index contributed by atoms with van der Waals surface area (Å²) in [6.45, 7) is 0.181. The second-order valence-corrected chi connectivity index (χ2v) is 11.5. The minimum atomic E-state index is -5.14. The summed E-state index contributed by atoms with van der Waals surface area (Å²) in [7, 11) is -5.14. The minimum Gasteiger partial charge on any atom is -0.744 e. The number of nitrogens with zero attached hydrogens (tertiary/aromatic N) is 5. The van der Waals surface area contributed by atoms with Crippen LogP contribution in [0.15, 0.2) is 67.3 Å². The van der Waals surface area contributed by atoms with Gasteiger partial charge in [0.2, 0.25) is 11.9 Å². The van der Waals surface area contributed by atoms with Crippen LogP contribution in [0.3, 0.4) is 0 Å². The molecule has 0 radical (unpaired) electrons. The molecular weight excluding hydrogens is 746 g/mol. The van der Waals surface area contributed by atoms with Crippen LogP contribution >= 0.6 is 12.0 Å². The maximum Gasteiger partial charge on any atom is 1.00 e. The van der Waals surface area contributed by atoms with Gasteiger partial charge in [-0.3, -0.25) is 10.0 Å². The SMILES string of the molecule is O=C([O-])c1ccccc1N=Nc1c(SOO[O-])cc2cc(S(=O)(=O)[O-])cc(Nc3nc(N4CCCC4C(=O)[O-])nc(=O)[nH]3)c2c1O.[Na+].[Na+].[Na+].[Na+]. The van der Waals surface area contributed by atoms with Crippen molar-refractivity contribution >= 4 is 73.8 Å². The van der Waals surface area contributed by atoms with Gasteiger partial charge in [-0.05, 0) is 42.5 Å². The number of carboxylic acids is 2. The number of aromatic carboxylic acids is 1. The number of phenols is 1. The number of hydrogen-bond acceptors (Lipinski definition) is 19. The molecule has 2 heterocycles. The third-order valence-electron chi connectivity index (χ3n) is 6.62. The van der Waals surface area contributed by atoms with Gasteiger partial charge in [-0.25, -0.2) is 13.2 Å². The number of carbonyl (C=O) groups is 2. The number of carbonyl (C=O) groups excluding carboxylic acids is 2. The molecule has 1 aromatic heterocycles. The molecule has 240 valence electrons. The fourth-order valence-electron chi connectivity index (χ4n) is 4.69. The molecule has 25 heteroatoms. The first-order valence-electron chi connectivity index (χ1n) is 12.7. The molecule has 0 amide bonds. The van der Waals surface area contributed by atoms with Gasteiger partial charge in [0, 0.05) is 17.5 Å². The van der Waals surface area contributed by atoms with E-state index < -0.39 is 56.1 Å². The Kier molecular flexibility index (Phi) is 19.0. The number of anilines is 3. The number of nitrogens with one attached hydrogen (secondary N) is 2. The smallest absolute Gasteiger partial charge is 0.744 e. The number of H-pyrrole nitrogens is 1. The number of aliphatic carboxylic acids is 1. The number of rotatable bonds is 11. The standard InChI is InChI=1S/C25H21N7O12S2.4Na/c33-20-18-11(9-17(45-44-43-39)19(20)31-30-14-5-2-1-4-13(14)21(34)35)8-12(46(40,41)42)10-15(18)26-23-27-24(29-25(38)28-23)32-7-3-6-16(32)22(36)37;;;;/h1-2,4-5,8-10,16,33,39H,3,6-7H2,(H,34,35)(H,36,37)(H,40,41,42)(H2,26,27,28,29,38);;;;/q;4*+1/p-4. The minimum absolute atomic E-state index is 0. The molecule has 0 aliphatic carbocycles. The van der Waals surface area contributed by atoms with Gasteiger partial charge in [0.1, 0.15) is 15.8 Å². The van der Waals surface area contributed by atoms with E-state index in [0.717, 1.165) is 18.2 Å². The molecule has 1 saturated heterocycles. The second kappa shape index (κ2) is 20.3. The van der Waals surface area contributed by atoms with Crippen LogP contribution in [0.4, 0.5) is 29.0 Å². The number of hydrogen-bond donors (Lipinski definition) is 3. The van der Waals surface area contributed by atoms with E-state index in [4.69, 9.17) is 0 Å². The molecule has 3 aromatic carbocycles. The number of aromatic hydroxyl groups is 1. The van der Waals surface area contributed by atoms with Crippen LogP contribution < -0.4 is 150 Å². The number of phenolic OH excluding ortho intramolecular Hbond substituents is 1. The van der Waals surface area contributed by atoms with Gasteiger partial charge in [-0.15, -0.1) is 10.2 Å². The van der Waals surface area contributed by atoms with Gasteiger partial charge in [0.25, 0.3) is 0 Å². The number of fused-ring (bicyclic) bond motifs is 1. The van der Waals surface area contributed by atoms with Crippen LogP contribution in [0.25, 0.3) is 10.8 Å². The molecule has 3 N–H and O–H groups in total. The van der Waals surface area contributed by atoms with E-state index in [0.29, 0.717) is 6.42 Å². The van der Waals surface area contributed by atoms with Crippen molar-refractivity contribution in [2.24, 2.45) is 10.2 Å². The predicted molar refractivity (Wildman–Crippen MR) is 148 cm³/mol. The number of carboxylic acid groups (broad SMARTS) is 2. The molecule has 0 spiro atoms. The van der Waals surface area contributed by atoms with Crippen molar-refractivity contribution in [3.8, 4) is 5.75 Å². The normalized spacial score (nSPS) is 13.9. The van der Waals surface area contributed by atoms with Crippen LogP contribution in [0, 0.1) is 0 Å². The van der Waals surface area contributed by atoms with Crippen molar-refractivity contribution in [2.45, 2.75) is 28.7 Å². The maximum absolute atomic E-state index is 12.4. The molecule has 1 unspecified atom stereocenters. The van der Waals surface area contributed by atoms with E-state index in [1.807, 2.05) is 0 Å². The average molecular weight is 764 g/mol. The van der Waals surface area contributed by atoms with Crippen molar-refractivity contribution in [3.63, 3.8) is 0 Å². The largest absolute Gasteiger partial charge is 1.00 e. The summed E-state index contributed by atoms with van der Waals surface area (Å²) in [6.07, 6.45) is 0.640. The summed E-state index contributed by atoms with van der Waals surface area (Å²) in [5.74, 6) is -4.44. The van der Waals surface area contributed by atoms with E-state index >= 15 is 0 Å². The zero-order chi connectivity index (χ0) is 33.2. The van der Waals surface area contributed by atoms with Crippen molar-refractivity contribution in [1.29, 1.82) is 0 Å². The number of aromatic nitrogens is 3. The molecule has 1 aliphatic rings. The Hall–Kier alpha value is -1.19. The first-order valence-corrected chi connectivity index (χ1v) is 14.9. The summed E-state index contributed by atoms with van der Waals surface area (Å²) in [4.78, 5) is 45.8. The third kappa shape index (κ3) is 10.9. The van der Waals surface area contributed by atoms with Gasteiger partial charge in [0.15, 0.2) is 5.75 Å². The number of azo groups is 1. The Balaban J connectivity index is 0.00000312. The van der Waals surface area contributed by atoms with Crippen LogP contribution in [0.1, 0.15) is 23.2 Å². The molecular formula is C25H17N7Na4O12S2. The Morgan fingerprint density at radius 1 is 1.08 bits per heavy atom. The summed E-state index contributed by atoms with van der Waals surface area (Å²) in [5, 5.41) is 58.4. The van der Waals surface area contributed by atoms with E-state index in [1.54, 1.807) is 0 Å². The van der Waals surface area contributed by atoms with Crippen molar-refractivity contribution < 1.29 is 171 Å². The number of aromatic amines is 1. The molecule has 0 bridgehead atoms. The quantitative estimate of drug-likeness (QED) is 0.0319. The van der Waals surface area contributed by atoms with E-state index in [9.17, 15) is 47.9 Å². The average Bonchev–Trinajstić information content (AvgIpc) is 3.49. The zero-order valence-electron chi connectivity index (χ0n) is 26.7. The Bertz CT molecular complexity index is 2080. The zero-order valence-corrected chi connectivity index (χ0v) is 36.4. The monoisotopic (exact) mass is 763 g/mol. The molecule has 1 aliphatic heterocycles. The molecule has 0 saturated carbocycles. The number of benzene rings is 3.